The van der Waals surface area contributed by atoms with Crippen LogP contribution in [0.25, 0.3) is 0 Å². The zero-order chi connectivity index (χ0) is 24.2. The van der Waals surface area contributed by atoms with Crippen LogP contribution in [0.4, 0.5) is 0 Å². The minimum absolute atomic E-state index is 0.0126. The molecule has 188 valence electrons. The van der Waals surface area contributed by atoms with E-state index < -0.39 is 0 Å². The fourth-order valence-electron chi connectivity index (χ4n) is 11.0. The maximum absolute atomic E-state index is 10.9. The fourth-order valence-corrected chi connectivity index (χ4v) is 11.0. The van der Waals surface area contributed by atoms with Crippen LogP contribution in [0.5, 0.6) is 0 Å². The Bertz CT molecular complexity index is 832. The molecule has 0 spiro atoms. The molecule has 0 aromatic rings. The molecular formula is C30H50O3. The minimum atomic E-state index is -0.300. The van der Waals surface area contributed by atoms with Crippen molar-refractivity contribution in [2.45, 2.75) is 112 Å². The van der Waals surface area contributed by atoms with Crippen molar-refractivity contribution in [1.29, 1.82) is 0 Å². The van der Waals surface area contributed by atoms with Gasteiger partial charge < -0.3 is 15.3 Å². The van der Waals surface area contributed by atoms with Gasteiger partial charge in [-0.15, -0.1) is 0 Å². The number of fused-ring (bicyclic) bond motifs is 7. The van der Waals surface area contributed by atoms with Crippen molar-refractivity contribution in [1.82, 2.24) is 0 Å². The van der Waals surface area contributed by atoms with Gasteiger partial charge in [-0.25, -0.2) is 0 Å². The lowest BCUT2D eigenvalue weighted by atomic mass is 9.33. The first-order valence-corrected chi connectivity index (χ1v) is 14.0. The van der Waals surface area contributed by atoms with Crippen LogP contribution in [0.2, 0.25) is 0 Å². The lowest BCUT2D eigenvalue weighted by Gasteiger charge is -2.71. The number of aliphatic hydroxyl groups excluding tert-OH is 3. The quantitative estimate of drug-likeness (QED) is 0.424. The molecule has 5 aliphatic carbocycles. The fraction of sp³-hybridized carbons (Fsp3) is 0.933. The topological polar surface area (TPSA) is 60.7 Å². The number of rotatable bonds is 1. The molecule has 0 aromatic carbocycles. The summed E-state index contributed by atoms with van der Waals surface area (Å²) in [5, 5.41) is 32.4. The van der Waals surface area contributed by atoms with Crippen LogP contribution in [0.1, 0.15) is 99.8 Å². The van der Waals surface area contributed by atoms with Gasteiger partial charge in [0.05, 0.1) is 12.2 Å². The van der Waals surface area contributed by atoms with E-state index >= 15 is 0 Å². The summed E-state index contributed by atoms with van der Waals surface area (Å²) in [6, 6.07) is 0. The van der Waals surface area contributed by atoms with E-state index in [1.807, 2.05) is 0 Å². The Balaban J connectivity index is 1.59. The molecule has 3 nitrogen and oxygen atoms in total. The largest absolute Gasteiger partial charge is 0.396 e. The molecule has 3 heteroatoms. The Morgan fingerprint density at radius 1 is 0.879 bits per heavy atom. The zero-order valence-electron chi connectivity index (χ0n) is 22.3. The molecule has 4 fully saturated rings. The molecule has 0 heterocycles. The lowest BCUT2D eigenvalue weighted by Crippen LogP contribution is -2.65. The van der Waals surface area contributed by atoms with E-state index in [0.717, 1.165) is 38.5 Å². The summed E-state index contributed by atoms with van der Waals surface area (Å²) in [5.74, 6) is 2.27. The molecule has 0 aromatic heterocycles. The highest BCUT2D eigenvalue weighted by atomic mass is 16.3. The van der Waals surface area contributed by atoms with Crippen LogP contribution in [0.3, 0.4) is 0 Å². The van der Waals surface area contributed by atoms with Gasteiger partial charge in [0.15, 0.2) is 0 Å². The number of allylic oxidation sites excluding steroid dienone is 2. The normalized spacial score (nSPS) is 57.8. The van der Waals surface area contributed by atoms with E-state index in [4.69, 9.17) is 0 Å². The minimum Gasteiger partial charge on any atom is -0.396 e. The summed E-state index contributed by atoms with van der Waals surface area (Å²) in [5.41, 5.74) is 2.14. The average molecular weight is 459 g/mol. The maximum atomic E-state index is 10.9. The van der Waals surface area contributed by atoms with E-state index in [2.05, 4.69) is 54.5 Å². The summed E-state index contributed by atoms with van der Waals surface area (Å²) in [4.78, 5) is 0. The first kappa shape index (κ1) is 24.3. The smallest absolute Gasteiger partial charge is 0.0594 e. The molecule has 5 aliphatic rings. The third-order valence-corrected chi connectivity index (χ3v) is 13.5. The number of aliphatic hydroxyl groups is 3. The van der Waals surface area contributed by atoms with Crippen LogP contribution >= 0.6 is 0 Å². The third kappa shape index (κ3) is 2.85. The van der Waals surface area contributed by atoms with Crippen LogP contribution in [0, 0.1) is 56.7 Å². The van der Waals surface area contributed by atoms with Gasteiger partial charge >= 0.3 is 0 Å². The summed E-state index contributed by atoms with van der Waals surface area (Å²) in [6.07, 6.45) is 10.7. The Hall–Kier alpha value is -0.380. The molecule has 0 unspecified atom stereocenters. The van der Waals surface area contributed by atoms with Crippen LogP contribution in [-0.4, -0.2) is 34.1 Å². The molecular weight excluding hydrogens is 408 g/mol. The highest BCUT2D eigenvalue weighted by Gasteiger charge is 2.68. The monoisotopic (exact) mass is 458 g/mol. The van der Waals surface area contributed by atoms with Crippen molar-refractivity contribution in [3.05, 3.63) is 11.6 Å². The summed E-state index contributed by atoms with van der Waals surface area (Å²) < 4.78 is 0. The average Bonchev–Trinajstić information content (AvgIpc) is 2.75. The van der Waals surface area contributed by atoms with Crippen LogP contribution in [-0.2, 0) is 0 Å². The van der Waals surface area contributed by atoms with Crippen molar-refractivity contribution in [3.63, 3.8) is 0 Å². The van der Waals surface area contributed by atoms with E-state index in [0.29, 0.717) is 23.7 Å². The Morgan fingerprint density at radius 2 is 1.58 bits per heavy atom. The maximum Gasteiger partial charge on any atom is 0.0594 e. The number of hydrogen-bond donors (Lipinski definition) is 3. The van der Waals surface area contributed by atoms with E-state index in [-0.39, 0.29) is 51.8 Å². The molecule has 0 aliphatic heterocycles. The standard InChI is InChI=1S/C30H50O3/c1-18-19(2)25-20-8-9-23-27(5)12-11-24(33)26(3,4)22(27)10-13-29(23,7)28(20,6)14-15-30(25,17-31)16-21(18)32/h8,18-19,21-25,31-33H,9-17H2,1-7H3/t18-,19-,21+,22-,23+,24-,25-,27-,28+,29+,30-/m0/s1. The molecule has 0 saturated heterocycles. The Labute approximate surface area is 202 Å². The molecule has 0 bridgehead atoms. The van der Waals surface area contributed by atoms with Crippen molar-refractivity contribution >= 4 is 0 Å². The van der Waals surface area contributed by atoms with Gasteiger partial charge in [0.1, 0.15) is 0 Å². The highest BCUT2D eigenvalue weighted by Crippen LogP contribution is 2.75. The molecule has 0 radical (unpaired) electrons. The lowest BCUT2D eigenvalue weighted by molar-refractivity contribution is -0.208. The molecule has 3 N–H and O–H groups in total. The second-order valence-corrected chi connectivity index (χ2v) is 14.7. The van der Waals surface area contributed by atoms with Gasteiger partial charge in [-0.1, -0.05) is 60.1 Å². The SMILES string of the molecule is C[C@H]1[C@H](C)[C@H]2C3=CC[C@@H]4[C@@]5(C)CC[C@H](O)C(C)(C)[C@@H]5CC[C@@]4(C)[C@]3(C)CC[C@@]2(CO)C[C@H]1O. The van der Waals surface area contributed by atoms with Crippen molar-refractivity contribution in [2.24, 2.45) is 56.7 Å². The van der Waals surface area contributed by atoms with Gasteiger partial charge in [-0.2, -0.15) is 0 Å². The second kappa shape index (κ2) is 7.32. The van der Waals surface area contributed by atoms with Crippen LogP contribution < -0.4 is 0 Å². The van der Waals surface area contributed by atoms with Crippen LogP contribution in [0.15, 0.2) is 11.6 Å². The number of hydrogen-bond acceptors (Lipinski definition) is 3. The first-order valence-electron chi connectivity index (χ1n) is 14.0. The van der Waals surface area contributed by atoms with Crippen molar-refractivity contribution in [2.75, 3.05) is 6.61 Å². The third-order valence-electron chi connectivity index (χ3n) is 13.5. The molecule has 4 saturated carbocycles. The van der Waals surface area contributed by atoms with E-state index in [9.17, 15) is 15.3 Å². The second-order valence-electron chi connectivity index (χ2n) is 14.7. The molecule has 0 amide bonds. The van der Waals surface area contributed by atoms with Gasteiger partial charge in [0.2, 0.25) is 0 Å². The summed E-state index contributed by atoms with van der Waals surface area (Å²) >= 11 is 0. The first-order chi connectivity index (χ1) is 15.3. The van der Waals surface area contributed by atoms with Crippen molar-refractivity contribution < 1.29 is 15.3 Å². The van der Waals surface area contributed by atoms with Gasteiger partial charge in [0.25, 0.3) is 0 Å². The van der Waals surface area contributed by atoms with Gasteiger partial charge in [-0.3, -0.25) is 0 Å². The molecule has 11 atom stereocenters. The predicted molar refractivity (Wildman–Crippen MR) is 133 cm³/mol. The summed E-state index contributed by atoms with van der Waals surface area (Å²) in [7, 11) is 0. The van der Waals surface area contributed by atoms with E-state index in [1.54, 1.807) is 5.57 Å². The Kier molecular flexibility index (Phi) is 5.40. The van der Waals surface area contributed by atoms with E-state index in [1.165, 1.54) is 12.8 Å². The highest BCUT2D eigenvalue weighted by molar-refractivity contribution is 5.34. The van der Waals surface area contributed by atoms with Crippen molar-refractivity contribution in [3.8, 4) is 0 Å². The summed E-state index contributed by atoms with van der Waals surface area (Å²) in [6.45, 7) is 17.2. The zero-order valence-corrected chi connectivity index (χ0v) is 22.3. The molecule has 5 rings (SSSR count). The van der Waals surface area contributed by atoms with Gasteiger partial charge in [0, 0.05) is 12.0 Å². The predicted octanol–water partition coefficient (Wildman–Crippen LogP) is 5.97. The molecule has 33 heavy (non-hydrogen) atoms. The van der Waals surface area contributed by atoms with Gasteiger partial charge in [-0.05, 0) is 103 Å². The Morgan fingerprint density at radius 3 is 2.24 bits per heavy atom.